The minimum absolute atomic E-state index is 0.0994. The first-order valence-electron chi connectivity index (χ1n) is 10.2. The lowest BCUT2D eigenvalue weighted by molar-refractivity contribution is -0.153. The van der Waals surface area contributed by atoms with Crippen LogP contribution in [0.4, 0.5) is 5.69 Å². The molecule has 0 fully saturated rings. The number of nitrogens with zero attached hydrogens (tertiary/aromatic N) is 1. The first kappa shape index (κ1) is 22.0. The van der Waals surface area contributed by atoms with Crippen LogP contribution in [0.3, 0.4) is 0 Å². The van der Waals surface area contributed by atoms with Gasteiger partial charge in [0, 0.05) is 24.3 Å². The summed E-state index contributed by atoms with van der Waals surface area (Å²) < 4.78 is 4.69. The summed E-state index contributed by atoms with van der Waals surface area (Å²) in [6.45, 7) is 3.04. The molecule has 0 aromatic heterocycles. The number of esters is 1. The first-order valence-corrected chi connectivity index (χ1v) is 10.2. The summed E-state index contributed by atoms with van der Waals surface area (Å²) >= 11 is 0. The number of ether oxygens (including phenoxy) is 1. The van der Waals surface area contributed by atoms with E-state index in [9.17, 15) is 14.4 Å². The fourth-order valence-electron chi connectivity index (χ4n) is 3.25. The predicted molar refractivity (Wildman–Crippen MR) is 120 cm³/mol. The first-order chi connectivity index (χ1) is 15.1. The molecule has 5 heteroatoms. The molecule has 158 valence electrons. The predicted octanol–water partition coefficient (Wildman–Crippen LogP) is 4.60. The van der Waals surface area contributed by atoms with Gasteiger partial charge in [0.1, 0.15) is 0 Å². The van der Waals surface area contributed by atoms with E-state index in [1.54, 1.807) is 25.1 Å². The van der Waals surface area contributed by atoms with Gasteiger partial charge in [0.2, 0.25) is 5.78 Å². The Balaban J connectivity index is 1.82. The highest BCUT2D eigenvalue weighted by molar-refractivity contribution is 6.38. The second-order valence-electron chi connectivity index (χ2n) is 7.12. The van der Waals surface area contributed by atoms with E-state index < -0.39 is 24.0 Å². The van der Waals surface area contributed by atoms with Gasteiger partial charge in [-0.05, 0) is 30.2 Å². The van der Waals surface area contributed by atoms with Gasteiger partial charge in [0.05, 0.1) is 13.0 Å². The van der Waals surface area contributed by atoms with Crippen LogP contribution >= 0.6 is 0 Å². The van der Waals surface area contributed by atoms with Gasteiger partial charge in [-0.1, -0.05) is 72.8 Å². The molecule has 0 aliphatic rings. The number of carbonyl (C=O) groups excluding carboxylic acids is 3. The van der Waals surface area contributed by atoms with Crippen LogP contribution in [0.15, 0.2) is 84.9 Å². The Kier molecular flexibility index (Phi) is 7.71. The lowest BCUT2D eigenvalue weighted by Crippen LogP contribution is -2.23. The van der Waals surface area contributed by atoms with Crippen LogP contribution in [0.1, 0.15) is 34.8 Å². The molecule has 0 spiro atoms. The number of hydrogen-bond acceptors (Lipinski definition) is 5. The molecule has 3 aromatic rings. The van der Waals surface area contributed by atoms with Crippen molar-refractivity contribution in [1.82, 2.24) is 0 Å². The summed E-state index contributed by atoms with van der Waals surface area (Å²) in [7, 11) is 0. The van der Waals surface area contributed by atoms with Crippen LogP contribution in [-0.4, -0.2) is 24.1 Å². The molecule has 0 radical (unpaired) electrons. The largest absolute Gasteiger partial charge is 0.460 e. The van der Waals surface area contributed by atoms with E-state index in [2.05, 4.69) is 33.9 Å². The summed E-state index contributed by atoms with van der Waals surface area (Å²) in [5.41, 5.74) is 3.55. The van der Waals surface area contributed by atoms with Crippen molar-refractivity contribution in [3.8, 4) is 0 Å². The lowest BCUT2D eigenvalue weighted by Gasteiger charge is -2.26. The zero-order chi connectivity index (χ0) is 22.1. The van der Waals surface area contributed by atoms with Crippen molar-refractivity contribution in [1.29, 1.82) is 0 Å². The van der Waals surface area contributed by atoms with Crippen molar-refractivity contribution in [3.63, 3.8) is 0 Å². The Morgan fingerprint density at radius 1 is 0.774 bits per heavy atom. The molecule has 0 bridgehead atoms. The van der Waals surface area contributed by atoms with E-state index in [0.29, 0.717) is 18.7 Å². The van der Waals surface area contributed by atoms with Gasteiger partial charge in [-0.3, -0.25) is 9.59 Å². The van der Waals surface area contributed by atoms with Crippen LogP contribution in [0.2, 0.25) is 0 Å². The minimum Gasteiger partial charge on any atom is -0.460 e. The molecule has 0 N–H and O–H groups in total. The summed E-state index contributed by atoms with van der Waals surface area (Å²) in [6.07, 6.45) is -0.500. The summed E-state index contributed by atoms with van der Waals surface area (Å²) in [4.78, 5) is 38.3. The van der Waals surface area contributed by atoms with Gasteiger partial charge < -0.3 is 9.64 Å². The fraction of sp³-hybridized carbons (Fsp3) is 0.192. The minimum atomic E-state index is -0.971. The average molecular weight is 415 g/mol. The standard InChI is InChI=1S/C26H25NO4/c1-2-31-26(30)25(29)17-24(28)22-14-9-15-23(16-22)27(18-20-10-5-3-6-11-20)19-21-12-7-4-8-13-21/h3-16H,2,17-19H2,1H3. The van der Waals surface area contributed by atoms with Gasteiger partial charge in [0.25, 0.3) is 0 Å². The monoisotopic (exact) mass is 415 g/mol. The number of rotatable bonds is 10. The maximum Gasteiger partial charge on any atom is 0.375 e. The molecule has 3 rings (SSSR count). The third kappa shape index (κ3) is 6.37. The normalized spacial score (nSPS) is 10.4. The topological polar surface area (TPSA) is 63.7 Å². The summed E-state index contributed by atoms with van der Waals surface area (Å²) in [5.74, 6) is -2.20. The number of Topliss-reactive ketones (excluding diaryl/α,β-unsaturated/α-hetero) is 2. The number of carbonyl (C=O) groups is 3. The number of benzene rings is 3. The van der Waals surface area contributed by atoms with E-state index in [4.69, 9.17) is 0 Å². The van der Waals surface area contributed by atoms with Crippen LogP contribution < -0.4 is 4.90 Å². The molecule has 0 saturated heterocycles. The van der Waals surface area contributed by atoms with Crippen molar-refractivity contribution in [2.24, 2.45) is 0 Å². The molecular formula is C26H25NO4. The molecule has 0 atom stereocenters. The van der Waals surface area contributed by atoms with Gasteiger partial charge in [-0.15, -0.1) is 0 Å². The Morgan fingerprint density at radius 3 is 1.90 bits per heavy atom. The summed E-state index contributed by atoms with van der Waals surface area (Å²) in [6, 6.07) is 27.3. The number of hydrogen-bond donors (Lipinski definition) is 0. The Labute approximate surface area is 182 Å². The maximum absolute atomic E-state index is 12.6. The van der Waals surface area contributed by atoms with Crippen molar-refractivity contribution in [2.45, 2.75) is 26.4 Å². The number of anilines is 1. The van der Waals surface area contributed by atoms with Gasteiger partial charge >= 0.3 is 5.97 Å². The second kappa shape index (κ2) is 10.9. The Hall–Kier alpha value is -3.73. The SMILES string of the molecule is CCOC(=O)C(=O)CC(=O)c1cccc(N(Cc2ccccc2)Cc2ccccc2)c1. The quantitative estimate of drug-likeness (QED) is 0.210. The fourth-order valence-corrected chi connectivity index (χ4v) is 3.25. The van der Waals surface area contributed by atoms with Gasteiger partial charge in [0.15, 0.2) is 5.78 Å². The molecular weight excluding hydrogens is 390 g/mol. The highest BCUT2D eigenvalue weighted by Gasteiger charge is 2.20. The van der Waals surface area contributed by atoms with Crippen LogP contribution in [0, 0.1) is 0 Å². The Morgan fingerprint density at radius 2 is 1.35 bits per heavy atom. The smallest absolute Gasteiger partial charge is 0.375 e. The molecule has 31 heavy (non-hydrogen) atoms. The van der Waals surface area contributed by atoms with Crippen molar-refractivity contribution >= 4 is 23.2 Å². The average Bonchev–Trinajstić information content (AvgIpc) is 2.80. The zero-order valence-electron chi connectivity index (χ0n) is 17.5. The maximum atomic E-state index is 12.6. The van der Waals surface area contributed by atoms with Crippen LogP contribution in [0.25, 0.3) is 0 Å². The molecule has 0 unspecified atom stereocenters. The van der Waals surface area contributed by atoms with Gasteiger partial charge in [-0.2, -0.15) is 0 Å². The molecule has 0 heterocycles. The highest BCUT2D eigenvalue weighted by atomic mass is 16.5. The van der Waals surface area contributed by atoms with E-state index >= 15 is 0 Å². The number of ketones is 2. The van der Waals surface area contributed by atoms with E-state index in [1.165, 1.54) is 0 Å². The van der Waals surface area contributed by atoms with Gasteiger partial charge in [-0.25, -0.2) is 4.79 Å². The van der Waals surface area contributed by atoms with Crippen molar-refractivity contribution < 1.29 is 19.1 Å². The van der Waals surface area contributed by atoms with E-state index in [1.807, 2.05) is 42.5 Å². The van der Waals surface area contributed by atoms with Crippen LogP contribution in [-0.2, 0) is 27.4 Å². The third-order valence-electron chi connectivity index (χ3n) is 4.79. The van der Waals surface area contributed by atoms with E-state index in [-0.39, 0.29) is 6.61 Å². The van der Waals surface area contributed by atoms with E-state index in [0.717, 1.165) is 16.8 Å². The Bertz CT molecular complexity index is 990. The zero-order valence-corrected chi connectivity index (χ0v) is 17.5. The molecule has 0 amide bonds. The van der Waals surface area contributed by atoms with Crippen molar-refractivity contribution in [3.05, 3.63) is 102 Å². The third-order valence-corrected chi connectivity index (χ3v) is 4.79. The molecule has 0 aliphatic heterocycles. The molecule has 3 aromatic carbocycles. The molecule has 5 nitrogen and oxygen atoms in total. The summed E-state index contributed by atoms with van der Waals surface area (Å²) in [5, 5.41) is 0. The van der Waals surface area contributed by atoms with Crippen LogP contribution in [0.5, 0.6) is 0 Å². The molecule has 0 saturated carbocycles. The lowest BCUT2D eigenvalue weighted by atomic mass is 10.0. The second-order valence-corrected chi connectivity index (χ2v) is 7.12. The molecule has 0 aliphatic carbocycles. The highest BCUT2D eigenvalue weighted by Crippen LogP contribution is 2.22. The van der Waals surface area contributed by atoms with Crippen molar-refractivity contribution in [2.75, 3.05) is 11.5 Å².